The van der Waals surface area contributed by atoms with Crippen molar-refractivity contribution in [1.29, 1.82) is 0 Å². The fourth-order valence-corrected chi connectivity index (χ4v) is 4.19. The van der Waals surface area contributed by atoms with Gasteiger partial charge in [-0.25, -0.2) is 0 Å². The highest BCUT2D eigenvalue weighted by Gasteiger charge is 2.19. The number of carbonyl (C=O) groups excluding carboxylic acids is 1. The quantitative estimate of drug-likeness (QED) is 0.311. The standard InChI is InChI=1S/C21H23N3O5S2/c1-5-8-24(12-15-7-6-9-30-15)18(25)13-31-21-23-22-20(29-21)14-10-16(26-2)19(28-4)17(11-14)27-3/h5-7,9-11H,1,8,12-13H2,2-4H3. The molecule has 0 aliphatic heterocycles. The second kappa shape index (κ2) is 10.9. The van der Waals surface area contributed by atoms with Gasteiger partial charge in [0.2, 0.25) is 17.5 Å². The number of rotatable bonds is 11. The third-order valence-electron chi connectivity index (χ3n) is 4.27. The van der Waals surface area contributed by atoms with Crippen LogP contribution in [0.4, 0.5) is 0 Å². The Kier molecular flexibility index (Phi) is 7.96. The maximum atomic E-state index is 12.7. The Morgan fingerprint density at radius 1 is 1.23 bits per heavy atom. The SMILES string of the molecule is C=CCN(Cc1cccs1)C(=O)CSc1nnc(-c2cc(OC)c(OC)c(OC)c2)o1. The lowest BCUT2D eigenvalue weighted by Crippen LogP contribution is -2.31. The molecular weight excluding hydrogens is 438 g/mol. The van der Waals surface area contributed by atoms with Gasteiger partial charge in [0.1, 0.15) is 0 Å². The summed E-state index contributed by atoms with van der Waals surface area (Å²) < 4.78 is 21.8. The average Bonchev–Trinajstić information content (AvgIpc) is 3.48. The molecule has 0 saturated carbocycles. The van der Waals surface area contributed by atoms with E-state index < -0.39 is 0 Å². The summed E-state index contributed by atoms with van der Waals surface area (Å²) in [5.74, 6) is 1.86. The number of nitrogens with zero attached hydrogens (tertiary/aromatic N) is 3. The number of thiophene rings is 1. The maximum absolute atomic E-state index is 12.7. The van der Waals surface area contributed by atoms with Crippen LogP contribution in [0.1, 0.15) is 4.88 Å². The van der Waals surface area contributed by atoms with Crippen LogP contribution in [0.5, 0.6) is 17.2 Å². The molecule has 3 aromatic rings. The molecule has 0 atom stereocenters. The normalized spacial score (nSPS) is 10.5. The Labute approximate surface area is 188 Å². The van der Waals surface area contributed by atoms with Gasteiger partial charge in [-0.05, 0) is 23.6 Å². The van der Waals surface area contributed by atoms with Gasteiger partial charge in [-0.15, -0.1) is 28.1 Å². The van der Waals surface area contributed by atoms with Crippen molar-refractivity contribution in [1.82, 2.24) is 15.1 Å². The Morgan fingerprint density at radius 2 is 1.97 bits per heavy atom. The molecule has 0 unspecified atom stereocenters. The Morgan fingerprint density at radius 3 is 2.55 bits per heavy atom. The van der Waals surface area contributed by atoms with Crippen LogP contribution >= 0.6 is 23.1 Å². The van der Waals surface area contributed by atoms with Crippen molar-refractivity contribution >= 4 is 29.0 Å². The molecule has 1 amide bonds. The molecule has 1 aromatic carbocycles. The fourth-order valence-electron chi connectivity index (χ4n) is 2.81. The zero-order valence-electron chi connectivity index (χ0n) is 17.5. The number of aromatic nitrogens is 2. The summed E-state index contributed by atoms with van der Waals surface area (Å²) in [4.78, 5) is 15.5. The summed E-state index contributed by atoms with van der Waals surface area (Å²) in [5, 5.41) is 10.4. The summed E-state index contributed by atoms with van der Waals surface area (Å²) >= 11 is 2.80. The van der Waals surface area contributed by atoms with Gasteiger partial charge in [0, 0.05) is 17.0 Å². The number of hydrogen-bond donors (Lipinski definition) is 0. The summed E-state index contributed by atoms with van der Waals surface area (Å²) in [6.45, 7) is 4.76. The summed E-state index contributed by atoms with van der Waals surface area (Å²) in [6, 6.07) is 7.42. The van der Waals surface area contributed by atoms with Crippen molar-refractivity contribution in [2.45, 2.75) is 11.8 Å². The van der Waals surface area contributed by atoms with Gasteiger partial charge >= 0.3 is 0 Å². The molecule has 31 heavy (non-hydrogen) atoms. The molecule has 2 aromatic heterocycles. The first kappa shape index (κ1) is 22.7. The fraction of sp³-hybridized carbons (Fsp3) is 0.286. The Hall–Kier alpha value is -2.98. The average molecular weight is 462 g/mol. The number of thioether (sulfide) groups is 1. The minimum Gasteiger partial charge on any atom is -0.493 e. The van der Waals surface area contributed by atoms with Crippen LogP contribution in [0.3, 0.4) is 0 Å². The van der Waals surface area contributed by atoms with Gasteiger partial charge in [-0.2, -0.15) is 0 Å². The molecular formula is C21H23N3O5S2. The topological polar surface area (TPSA) is 86.9 Å². The van der Waals surface area contributed by atoms with Crippen molar-refractivity contribution in [3.05, 3.63) is 47.2 Å². The van der Waals surface area contributed by atoms with Crippen molar-refractivity contribution in [2.24, 2.45) is 0 Å². The lowest BCUT2D eigenvalue weighted by atomic mass is 10.2. The van der Waals surface area contributed by atoms with Gasteiger partial charge in [-0.1, -0.05) is 23.9 Å². The molecule has 0 saturated heterocycles. The van der Waals surface area contributed by atoms with Crippen LogP contribution in [0.15, 0.2) is 51.9 Å². The van der Waals surface area contributed by atoms with E-state index in [4.69, 9.17) is 18.6 Å². The van der Waals surface area contributed by atoms with E-state index in [0.29, 0.717) is 41.1 Å². The van der Waals surface area contributed by atoms with Crippen LogP contribution in [-0.2, 0) is 11.3 Å². The second-order valence-electron chi connectivity index (χ2n) is 6.22. The van der Waals surface area contributed by atoms with Crippen molar-refractivity contribution in [3.8, 4) is 28.7 Å². The van der Waals surface area contributed by atoms with E-state index in [2.05, 4.69) is 16.8 Å². The smallest absolute Gasteiger partial charge is 0.277 e. The first-order valence-corrected chi connectivity index (χ1v) is 11.1. The minimum atomic E-state index is -0.0363. The monoisotopic (exact) mass is 461 g/mol. The van der Waals surface area contributed by atoms with Gasteiger partial charge in [0.25, 0.3) is 5.22 Å². The van der Waals surface area contributed by atoms with Crippen molar-refractivity contribution in [2.75, 3.05) is 33.6 Å². The highest BCUT2D eigenvalue weighted by molar-refractivity contribution is 7.99. The lowest BCUT2D eigenvalue weighted by Gasteiger charge is -2.19. The van der Waals surface area contributed by atoms with E-state index in [-0.39, 0.29) is 17.6 Å². The van der Waals surface area contributed by atoms with Crippen LogP contribution < -0.4 is 14.2 Å². The predicted octanol–water partition coefficient (Wildman–Crippen LogP) is 4.13. The van der Waals surface area contributed by atoms with Gasteiger partial charge < -0.3 is 23.5 Å². The molecule has 0 aliphatic rings. The number of ether oxygens (including phenoxy) is 3. The van der Waals surface area contributed by atoms with E-state index in [9.17, 15) is 4.79 Å². The zero-order chi connectivity index (χ0) is 22.2. The number of hydrogen-bond acceptors (Lipinski definition) is 9. The molecule has 0 N–H and O–H groups in total. The predicted molar refractivity (Wildman–Crippen MR) is 120 cm³/mol. The van der Waals surface area contributed by atoms with Crippen LogP contribution in [0.25, 0.3) is 11.5 Å². The molecule has 0 fully saturated rings. The molecule has 8 nitrogen and oxygen atoms in total. The van der Waals surface area contributed by atoms with E-state index in [0.717, 1.165) is 4.88 Å². The zero-order valence-corrected chi connectivity index (χ0v) is 19.1. The molecule has 2 heterocycles. The number of amides is 1. The maximum Gasteiger partial charge on any atom is 0.277 e. The van der Waals surface area contributed by atoms with E-state index in [1.54, 1.807) is 34.4 Å². The molecule has 3 rings (SSSR count). The highest BCUT2D eigenvalue weighted by Crippen LogP contribution is 2.41. The van der Waals surface area contributed by atoms with Crippen LogP contribution in [0, 0.1) is 0 Å². The van der Waals surface area contributed by atoms with Crippen LogP contribution in [-0.4, -0.2) is 54.6 Å². The van der Waals surface area contributed by atoms with Crippen molar-refractivity contribution < 1.29 is 23.4 Å². The second-order valence-corrected chi connectivity index (χ2v) is 8.18. The summed E-state index contributed by atoms with van der Waals surface area (Å²) in [7, 11) is 4.60. The van der Waals surface area contributed by atoms with Gasteiger partial charge in [0.05, 0.1) is 33.6 Å². The lowest BCUT2D eigenvalue weighted by molar-refractivity contribution is -0.128. The molecule has 10 heteroatoms. The summed E-state index contributed by atoms with van der Waals surface area (Å²) in [6.07, 6.45) is 1.71. The summed E-state index contributed by atoms with van der Waals surface area (Å²) in [5.41, 5.74) is 0.617. The molecule has 164 valence electrons. The van der Waals surface area contributed by atoms with E-state index >= 15 is 0 Å². The number of methoxy groups -OCH3 is 3. The highest BCUT2D eigenvalue weighted by atomic mass is 32.2. The largest absolute Gasteiger partial charge is 0.493 e. The Balaban J connectivity index is 1.69. The third kappa shape index (κ3) is 5.59. The molecule has 0 radical (unpaired) electrons. The minimum absolute atomic E-state index is 0.0363. The van der Waals surface area contributed by atoms with Gasteiger partial charge in [0.15, 0.2) is 11.5 Å². The third-order valence-corrected chi connectivity index (χ3v) is 5.93. The molecule has 0 bridgehead atoms. The molecule has 0 aliphatic carbocycles. The Bertz CT molecular complexity index is 995. The van der Waals surface area contributed by atoms with Gasteiger partial charge in [-0.3, -0.25) is 4.79 Å². The number of carbonyl (C=O) groups is 1. The number of benzene rings is 1. The first-order valence-electron chi connectivity index (χ1n) is 9.27. The van der Waals surface area contributed by atoms with Crippen LogP contribution in [0.2, 0.25) is 0 Å². The van der Waals surface area contributed by atoms with E-state index in [1.807, 2.05) is 17.5 Å². The molecule has 0 spiro atoms. The van der Waals surface area contributed by atoms with E-state index in [1.165, 1.54) is 33.1 Å². The first-order chi connectivity index (χ1) is 15.1. The van der Waals surface area contributed by atoms with Crippen molar-refractivity contribution in [3.63, 3.8) is 0 Å².